The summed E-state index contributed by atoms with van der Waals surface area (Å²) in [6.45, 7) is 2.69. The topological polar surface area (TPSA) is 53.4 Å². The second-order valence-corrected chi connectivity index (χ2v) is 7.37. The van der Waals surface area contributed by atoms with Gasteiger partial charge < -0.3 is 15.1 Å². The van der Waals surface area contributed by atoms with Crippen molar-refractivity contribution in [2.24, 2.45) is 0 Å². The van der Waals surface area contributed by atoms with Crippen LogP contribution in [0.5, 0.6) is 0 Å². The number of amides is 1. The first-order chi connectivity index (χ1) is 12.5. The van der Waals surface area contributed by atoms with Crippen LogP contribution in [0.25, 0.3) is 5.69 Å². The largest absolute Gasteiger partial charge is 0.352 e. The summed E-state index contributed by atoms with van der Waals surface area (Å²) in [4.78, 5) is 17.2. The fourth-order valence-corrected chi connectivity index (χ4v) is 3.60. The van der Waals surface area contributed by atoms with Crippen molar-refractivity contribution in [3.63, 3.8) is 0 Å². The summed E-state index contributed by atoms with van der Waals surface area (Å²) in [6, 6.07) is 8.22. The van der Waals surface area contributed by atoms with Crippen molar-refractivity contribution in [3.05, 3.63) is 47.8 Å². The minimum atomic E-state index is -0.0362. The molecule has 1 aliphatic rings. The zero-order valence-electron chi connectivity index (χ0n) is 16.0. The van der Waals surface area contributed by atoms with E-state index in [0.717, 1.165) is 30.8 Å². The Balaban J connectivity index is 1.66. The lowest BCUT2D eigenvalue weighted by Gasteiger charge is -2.19. The van der Waals surface area contributed by atoms with Crippen molar-refractivity contribution in [2.75, 3.05) is 34.2 Å². The van der Waals surface area contributed by atoms with Gasteiger partial charge in [-0.05, 0) is 59.1 Å². The Morgan fingerprint density at radius 3 is 2.88 bits per heavy atom. The third-order valence-corrected chi connectivity index (χ3v) is 4.96. The molecule has 2 heterocycles. The zero-order chi connectivity index (χ0) is 18.5. The van der Waals surface area contributed by atoms with Crippen molar-refractivity contribution in [1.82, 2.24) is 24.9 Å². The molecule has 1 fully saturated rings. The Bertz CT molecular complexity index is 739. The van der Waals surface area contributed by atoms with Gasteiger partial charge in [0.25, 0.3) is 5.91 Å². The lowest BCUT2D eigenvalue weighted by molar-refractivity contribution is 0.0950. The number of hydrogen-bond acceptors (Lipinski definition) is 4. The molecule has 1 N–H and O–H groups in total. The van der Waals surface area contributed by atoms with Crippen molar-refractivity contribution < 1.29 is 4.79 Å². The number of nitrogens with one attached hydrogen (secondary N) is 1. The van der Waals surface area contributed by atoms with Crippen LogP contribution in [0, 0.1) is 0 Å². The molecule has 1 aromatic heterocycles. The summed E-state index contributed by atoms with van der Waals surface area (Å²) in [7, 11) is 6.22. The van der Waals surface area contributed by atoms with Gasteiger partial charge >= 0.3 is 0 Å². The fraction of sp³-hybridized carbons (Fsp3) is 0.500. The third-order valence-electron chi connectivity index (χ3n) is 4.96. The third kappa shape index (κ3) is 4.51. The predicted molar refractivity (Wildman–Crippen MR) is 104 cm³/mol. The molecule has 0 spiro atoms. The van der Waals surface area contributed by atoms with E-state index in [1.807, 2.05) is 50.8 Å². The minimum absolute atomic E-state index is 0.0362. The normalized spacial score (nSPS) is 17.8. The highest BCUT2D eigenvalue weighted by Crippen LogP contribution is 2.18. The summed E-state index contributed by atoms with van der Waals surface area (Å²) >= 11 is 0. The number of carbonyl (C=O) groups is 1. The quantitative estimate of drug-likeness (QED) is 0.827. The number of hydrogen-bond donors (Lipinski definition) is 1. The highest BCUT2D eigenvalue weighted by atomic mass is 16.1. The number of benzene rings is 1. The molecule has 0 bridgehead atoms. The highest BCUT2D eigenvalue weighted by molar-refractivity contribution is 5.97. The fourth-order valence-electron chi connectivity index (χ4n) is 3.60. The average molecular weight is 355 g/mol. The van der Waals surface area contributed by atoms with Gasteiger partial charge in [-0.25, -0.2) is 4.68 Å². The lowest BCUT2D eigenvalue weighted by atomic mass is 10.1. The first-order valence-electron chi connectivity index (χ1n) is 9.30. The van der Waals surface area contributed by atoms with Gasteiger partial charge in [-0.2, -0.15) is 5.10 Å². The molecule has 1 aliphatic heterocycles. The Labute approximate surface area is 155 Å². The Hall–Kier alpha value is -2.18. The first kappa shape index (κ1) is 18.6. The van der Waals surface area contributed by atoms with E-state index in [-0.39, 0.29) is 5.91 Å². The van der Waals surface area contributed by atoms with Gasteiger partial charge in [0.2, 0.25) is 0 Å². The summed E-state index contributed by atoms with van der Waals surface area (Å²) in [5, 5.41) is 7.52. The molecule has 2 aromatic rings. The van der Waals surface area contributed by atoms with E-state index in [1.165, 1.54) is 12.8 Å². The molecular weight excluding hydrogens is 326 g/mol. The number of aromatic nitrogens is 2. The number of likely N-dealkylation sites (tertiary alicyclic amines) is 1. The molecule has 1 aromatic carbocycles. The van der Waals surface area contributed by atoms with Crippen LogP contribution in [0.3, 0.4) is 0 Å². The van der Waals surface area contributed by atoms with Crippen molar-refractivity contribution >= 4 is 5.91 Å². The van der Waals surface area contributed by atoms with Crippen LogP contribution in [0.4, 0.5) is 0 Å². The van der Waals surface area contributed by atoms with Gasteiger partial charge in [0, 0.05) is 30.9 Å². The van der Waals surface area contributed by atoms with E-state index in [0.29, 0.717) is 18.2 Å². The van der Waals surface area contributed by atoms with E-state index in [4.69, 9.17) is 0 Å². The van der Waals surface area contributed by atoms with Crippen molar-refractivity contribution in [1.29, 1.82) is 0 Å². The number of carbonyl (C=O) groups excluding carboxylic acids is 1. The predicted octanol–water partition coefficient (Wildman–Crippen LogP) is 2.15. The van der Waals surface area contributed by atoms with E-state index in [9.17, 15) is 4.79 Å². The van der Waals surface area contributed by atoms with Gasteiger partial charge in [-0.1, -0.05) is 12.1 Å². The standard InChI is InChI=1S/C20H29N5O/c1-23(2)14-16-13-22-25(15-16)19-9-5-4-8-18(19)20(26)21-11-10-17-7-6-12-24(17)3/h4-5,8-9,13,15,17H,6-7,10-12,14H2,1-3H3,(H,21,26)/t17-/m1/s1. The van der Waals surface area contributed by atoms with E-state index in [1.54, 1.807) is 4.68 Å². The van der Waals surface area contributed by atoms with Crippen LogP contribution >= 0.6 is 0 Å². The molecule has 3 rings (SSSR count). The van der Waals surface area contributed by atoms with Crippen LogP contribution in [0.2, 0.25) is 0 Å². The maximum absolute atomic E-state index is 12.7. The van der Waals surface area contributed by atoms with Crippen LogP contribution in [0.1, 0.15) is 35.2 Å². The van der Waals surface area contributed by atoms with Crippen LogP contribution in [-0.4, -0.2) is 65.8 Å². The highest BCUT2D eigenvalue weighted by Gasteiger charge is 2.21. The van der Waals surface area contributed by atoms with E-state index < -0.39 is 0 Å². The van der Waals surface area contributed by atoms with Crippen LogP contribution < -0.4 is 5.32 Å². The molecule has 0 aliphatic carbocycles. The molecule has 0 radical (unpaired) electrons. The minimum Gasteiger partial charge on any atom is -0.352 e. The molecule has 1 atom stereocenters. The smallest absolute Gasteiger partial charge is 0.253 e. The van der Waals surface area contributed by atoms with Crippen molar-refractivity contribution in [3.8, 4) is 5.69 Å². The number of nitrogens with zero attached hydrogens (tertiary/aromatic N) is 4. The van der Waals surface area contributed by atoms with Gasteiger partial charge in [0.05, 0.1) is 17.4 Å². The molecule has 6 nitrogen and oxygen atoms in total. The summed E-state index contributed by atoms with van der Waals surface area (Å²) in [6.07, 6.45) is 7.32. The SMILES string of the molecule is CN(C)Cc1cnn(-c2ccccc2C(=O)NCC[C@H]2CCCN2C)c1. The van der Waals surface area contributed by atoms with Gasteiger partial charge in [-0.3, -0.25) is 4.79 Å². The first-order valence-corrected chi connectivity index (χ1v) is 9.30. The second-order valence-electron chi connectivity index (χ2n) is 7.37. The van der Waals surface area contributed by atoms with Gasteiger partial charge in [-0.15, -0.1) is 0 Å². The summed E-state index contributed by atoms with van der Waals surface area (Å²) < 4.78 is 1.79. The average Bonchev–Trinajstić information content (AvgIpc) is 3.23. The maximum Gasteiger partial charge on any atom is 0.253 e. The Kier molecular flexibility index (Phi) is 6.06. The van der Waals surface area contributed by atoms with Gasteiger partial charge in [0.15, 0.2) is 0 Å². The molecule has 0 unspecified atom stereocenters. The maximum atomic E-state index is 12.7. The Morgan fingerprint density at radius 1 is 1.35 bits per heavy atom. The van der Waals surface area contributed by atoms with Crippen LogP contribution in [-0.2, 0) is 6.54 Å². The van der Waals surface area contributed by atoms with Crippen LogP contribution in [0.15, 0.2) is 36.7 Å². The lowest BCUT2D eigenvalue weighted by Crippen LogP contribution is -2.32. The molecule has 0 saturated carbocycles. The molecular formula is C20H29N5O. The zero-order valence-corrected chi connectivity index (χ0v) is 16.0. The van der Waals surface area contributed by atoms with E-state index in [2.05, 4.69) is 27.3 Å². The van der Waals surface area contributed by atoms with Crippen molar-refractivity contribution in [2.45, 2.75) is 31.8 Å². The molecule has 26 heavy (non-hydrogen) atoms. The molecule has 1 saturated heterocycles. The molecule has 1 amide bonds. The van der Waals surface area contributed by atoms with E-state index >= 15 is 0 Å². The summed E-state index contributed by atoms with van der Waals surface area (Å²) in [5.41, 5.74) is 2.59. The molecule has 6 heteroatoms. The monoisotopic (exact) mass is 355 g/mol. The van der Waals surface area contributed by atoms with Gasteiger partial charge in [0.1, 0.15) is 0 Å². The second kappa shape index (κ2) is 8.47. The summed E-state index contributed by atoms with van der Waals surface area (Å²) in [5.74, 6) is -0.0362. The Morgan fingerprint density at radius 2 is 2.15 bits per heavy atom. The number of rotatable bonds is 7. The number of para-hydroxylation sites is 1. The molecule has 140 valence electrons.